The molecule has 1 heterocycles. The topological polar surface area (TPSA) is 16.1 Å². The van der Waals surface area contributed by atoms with Crippen LogP contribution in [-0.4, -0.2) is 18.6 Å². The van der Waals surface area contributed by atoms with Crippen LogP contribution in [0.25, 0.3) is 0 Å². The number of hydrogen-bond acceptors (Lipinski definition) is 2. The fourth-order valence-corrected chi connectivity index (χ4v) is 1.80. The normalized spacial score (nSPS) is 10.4. The van der Waals surface area contributed by atoms with Crippen LogP contribution in [0.3, 0.4) is 0 Å². The third-order valence-corrected chi connectivity index (χ3v) is 2.91. The molecule has 0 bridgehead atoms. The average Bonchev–Trinajstić information content (AvgIpc) is 2.38. The Labute approximate surface area is 107 Å². The van der Waals surface area contributed by atoms with Crippen molar-refractivity contribution < 1.29 is 4.39 Å². The minimum absolute atomic E-state index is 0.188. The van der Waals surface area contributed by atoms with E-state index in [2.05, 4.69) is 9.88 Å². The fourth-order valence-electron chi connectivity index (χ4n) is 1.80. The molecular formula is C15H17FN2. The Bertz CT molecular complexity index is 508. The minimum atomic E-state index is -0.188. The van der Waals surface area contributed by atoms with E-state index >= 15 is 0 Å². The van der Waals surface area contributed by atoms with Crippen molar-refractivity contribution in [3.05, 3.63) is 59.5 Å². The standard InChI is InChI=1S/C15H17FN2/c1-12-4-3-5-15(17-12)18(2)11-10-13-6-8-14(16)9-7-13/h3-9H,10-11H2,1-2H3. The van der Waals surface area contributed by atoms with E-state index in [0.29, 0.717) is 0 Å². The van der Waals surface area contributed by atoms with Gasteiger partial charge in [-0.2, -0.15) is 0 Å². The fraction of sp³-hybridized carbons (Fsp3) is 0.267. The first-order valence-electron chi connectivity index (χ1n) is 6.04. The largest absolute Gasteiger partial charge is 0.359 e. The zero-order valence-corrected chi connectivity index (χ0v) is 10.7. The molecule has 0 saturated heterocycles. The summed E-state index contributed by atoms with van der Waals surface area (Å²) in [6.45, 7) is 2.85. The van der Waals surface area contributed by atoms with Gasteiger partial charge in [-0.15, -0.1) is 0 Å². The molecule has 0 aliphatic carbocycles. The molecule has 1 aromatic heterocycles. The van der Waals surface area contributed by atoms with E-state index < -0.39 is 0 Å². The Kier molecular flexibility index (Phi) is 3.92. The van der Waals surface area contributed by atoms with Crippen molar-refractivity contribution in [1.29, 1.82) is 0 Å². The molecule has 18 heavy (non-hydrogen) atoms. The number of aromatic nitrogens is 1. The van der Waals surface area contributed by atoms with Gasteiger partial charge in [0.2, 0.25) is 0 Å². The third kappa shape index (κ3) is 3.29. The Balaban J connectivity index is 1.96. The highest BCUT2D eigenvalue weighted by Crippen LogP contribution is 2.11. The van der Waals surface area contributed by atoms with Crippen molar-refractivity contribution in [2.24, 2.45) is 0 Å². The minimum Gasteiger partial charge on any atom is -0.359 e. The van der Waals surface area contributed by atoms with Gasteiger partial charge in [0, 0.05) is 19.3 Å². The van der Waals surface area contributed by atoms with Gasteiger partial charge < -0.3 is 4.90 Å². The molecule has 0 amide bonds. The monoisotopic (exact) mass is 244 g/mol. The molecule has 3 heteroatoms. The maximum atomic E-state index is 12.8. The second-order valence-electron chi connectivity index (χ2n) is 4.44. The molecule has 0 atom stereocenters. The van der Waals surface area contributed by atoms with Gasteiger partial charge in [-0.3, -0.25) is 0 Å². The Morgan fingerprint density at radius 3 is 2.50 bits per heavy atom. The van der Waals surface area contributed by atoms with Crippen molar-refractivity contribution in [1.82, 2.24) is 4.98 Å². The van der Waals surface area contributed by atoms with E-state index in [4.69, 9.17) is 0 Å². The number of pyridine rings is 1. The Morgan fingerprint density at radius 1 is 1.11 bits per heavy atom. The van der Waals surface area contributed by atoms with Gasteiger partial charge in [-0.05, 0) is 43.2 Å². The Hall–Kier alpha value is -1.90. The second-order valence-corrected chi connectivity index (χ2v) is 4.44. The first-order valence-corrected chi connectivity index (χ1v) is 6.04. The van der Waals surface area contributed by atoms with Gasteiger partial charge in [0.05, 0.1) is 0 Å². The lowest BCUT2D eigenvalue weighted by Gasteiger charge is -2.18. The summed E-state index contributed by atoms with van der Waals surface area (Å²) >= 11 is 0. The smallest absolute Gasteiger partial charge is 0.128 e. The van der Waals surface area contributed by atoms with Gasteiger partial charge in [0.25, 0.3) is 0 Å². The van der Waals surface area contributed by atoms with E-state index in [1.165, 1.54) is 12.1 Å². The Morgan fingerprint density at radius 2 is 1.83 bits per heavy atom. The predicted molar refractivity (Wildman–Crippen MR) is 72.3 cm³/mol. The molecule has 0 saturated carbocycles. The molecule has 2 rings (SSSR count). The molecule has 1 aromatic carbocycles. The predicted octanol–water partition coefficient (Wildman–Crippen LogP) is 3.21. The summed E-state index contributed by atoms with van der Waals surface area (Å²) in [6.07, 6.45) is 0.881. The number of nitrogens with zero attached hydrogens (tertiary/aromatic N) is 2. The summed E-state index contributed by atoms with van der Waals surface area (Å²) in [5.74, 6) is 0.782. The molecule has 2 nitrogen and oxygen atoms in total. The van der Waals surface area contributed by atoms with Crippen molar-refractivity contribution in [3.8, 4) is 0 Å². The van der Waals surface area contributed by atoms with Crippen molar-refractivity contribution in [2.75, 3.05) is 18.5 Å². The van der Waals surface area contributed by atoms with Gasteiger partial charge in [-0.1, -0.05) is 18.2 Å². The summed E-state index contributed by atoms with van der Waals surface area (Å²) in [5.41, 5.74) is 2.15. The molecular weight excluding hydrogens is 227 g/mol. The van der Waals surface area contributed by atoms with Crippen molar-refractivity contribution >= 4 is 5.82 Å². The summed E-state index contributed by atoms with van der Waals surface area (Å²) in [7, 11) is 2.02. The van der Waals surface area contributed by atoms with Crippen molar-refractivity contribution in [3.63, 3.8) is 0 Å². The maximum Gasteiger partial charge on any atom is 0.128 e. The highest BCUT2D eigenvalue weighted by atomic mass is 19.1. The van der Waals surface area contributed by atoms with Crippen LogP contribution in [0.1, 0.15) is 11.3 Å². The lowest BCUT2D eigenvalue weighted by Crippen LogP contribution is -2.21. The highest BCUT2D eigenvalue weighted by Gasteiger charge is 2.03. The lowest BCUT2D eigenvalue weighted by molar-refractivity contribution is 0.627. The molecule has 0 unspecified atom stereocenters. The van der Waals surface area contributed by atoms with Crippen LogP contribution in [-0.2, 0) is 6.42 Å². The quantitative estimate of drug-likeness (QED) is 0.821. The zero-order valence-electron chi connectivity index (χ0n) is 10.7. The van der Waals surface area contributed by atoms with Crippen molar-refractivity contribution in [2.45, 2.75) is 13.3 Å². The van der Waals surface area contributed by atoms with Crippen LogP contribution >= 0.6 is 0 Å². The van der Waals surface area contributed by atoms with Crippen LogP contribution in [0.2, 0.25) is 0 Å². The molecule has 0 N–H and O–H groups in total. The summed E-state index contributed by atoms with van der Waals surface area (Å²) in [5, 5.41) is 0. The third-order valence-electron chi connectivity index (χ3n) is 2.91. The maximum absolute atomic E-state index is 12.8. The molecule has 0 spiro atoms. The van der Waals surface area contributed by atoms with Gasteiger partial charge in [-0.25, -0.2) is 9.37 Å². The van der Waals surface area contributed by atoms with E-state index in [1.807, 2.05) is 44.3 Å². The lowest BCUT2D eigenvalue weighted by atomic mass is 10.1. The van der Waals surface area contributed by atoms with Crippen LogP contribution < -0.4 is 4.90 Å². The number of rotatable bonds is 4. The van der Waals surface area contributed by atoms with E-state index in [0.717, 1.165) is 30.0 Å². The second kappa shape index (κ2) is 5.63. The molecule has 2 aromatic rings. The van der Waals surface area contributed by atoms with E-state index in [9.17, 15) is 4.39 Å². The first kappa shape index (κ1) is 12.6. The summed E-state index contributed by atoms with van der Waals surface area (Å²) < 4.78 is 12.8. The number of likely N-dealkylation sites (N-methyl/N-ethyl adjacent to an activating group) is 1. The van der Waals surface area contributed by atoms with E-state index in [-0.39, 0.29) is 5.82 Å². The molecule has 0 radical (unpaired) electrons. The zero-order chi connectivity index (χ0) is 13.0. The number of halogens is 1. The number of aryl methyl sites for hydroxylation is 1. The molecule has 0 aliphatic rings. The van der Waals surface area contributed by atoms with Gasteiger partial charge in [0.15, 0.2) is 0 Å². The number of benzene rings is 1. The summed E-state index contributed by atoms with van der Waals surface area (Å²) in [6, 6.07) is 12.6. The van der Waals surface area contributed by atoms with Gasteiger partial charge >= 0.3 is 0 Å². The number of hydrogen-bond donors (Lipinski definition) is 0. The van der Waals surface area contributed by atoms with Crippen LogP contribution in [0.15, 0.2) is 42.5 Å². The average molecular weight is 244 g/mol. The van der Waals surface area contributed by atoms with Crippen LogP contribution in [0.5, 0.6) is 0 Å². The molecule has 94 valence electrons. The SMILES string of the molecule is Cc1cccc(N(C)CCc2ccc(F)cc2)n1. The molecule has 0 fully saturated rings. The first-order chi connectivity index (χ1) is 8.65. The summed E-state index contributed by atoms with van der Waals surface area (Å²) in [4.78, 5) is 6.57. The van der Waals surface area contributed by atoms with Gasteiger partial charge in [0.1, 0.15) is 11.6 Å². The highest BCUT2D eigenvalue weighted by molar-refractivity contribution is 5.38. The van der Waals surface area contributed by atoms with E-state index in [1.54, 1.807) is 0 Å². The molecule has 0 aliphatic heterocycles. The van der Waals surface area contributed by atoms with Crippen LogP contribution in [0, 0.1) is 12.7 Å². The number of anilines is 1. The van der Waals surface area contributed by atoms with Crippen LogP contribution in [0.4, 0.5) is 10.2 Å².